The molecular formula is C13H10N2O. The summed E-state index contributed by atoms with van der Waals surface area (Å²) >= 11 is 0. The standard InChI is InChI=1S/C13H10N2O/c1-10-2-5-12(6-3-10)16-13-7-4-11(8-14)9-15-13/h2-7,9H,1H3. The Balaban J connectivity index is 2.15. The van der Waals surface area contributed by atoms with Crippen LogP contribution < -0.4 is 4.74 Å². The van der Waals surface area contributed by atoms with Crippen LogP contribution in [0.3, 0.4) is 0 Å². The number of rotatable bonds is 2. The van der Waals surface area contributed by atoms with Crippen LogP contribution >= 0.6 is 0 Å². The second kappa shape index (κ2) is 4.45. The highest BCUT2D eigenvalue weighted by atomic mass is 16.5. The van der Waals surface area contributed by atoms with Crippen molar-refractivity contribution < 1.29 is 4.74 Å². The molecule has 0 amide bonds. The molecule has 2 rings (SSSR count). The Morgan fingerprint density at radius 2 is 1.88 bits per heavy atom. The number of nitrogens with zero attached hydrogens (tertiary/aromatic N) is 2. The van der Waals surface area contributed by atoms with Crippen molar-refractivity contribution in [3.63, 3.8) is 0 Å². The Morgan fingerprint density at radius 1 is 1.12 bits per heavy atom. The van der Waals surface area contributed by atoms with Gasteiger partial charge in [0.2, 0.25) is 5.88 Å². The SMILES string of the molecule is Cc1ccc(Oc2ccc(C#N)cn2)cc1. The van der Waals surface area contributed by atoms with Gasteiger partial charge < -0.3 is 4.74 Å². The van der Waals surface area contributed by atoms with E-state index in [9.17, 15) is 0 Å². The number of nitriles is 1. The molecule has 0 aliphatic carbocycles. The maximum Gasteiger partial charge on any atom is 0.219 e. The molecule has 0 saturated carbocycles. The smallest absolute Gasteiger partial charge is 0.219 e. The molecule has 3 heteroatoms. The first kappa shape index (κ1) is 10.2. The van der Waals surface area contributed by atoms with Crippen LogP contribution in [-0.4, -0.2) is 4.98 Å². The van der Waals surface area contributed by atoms with Crippen molar-refractivity contribution in [1.29, 1.82) is 5.26 Å². The lowest BCUT2D eigenvalue weighted by molar-refractivity contribution is 0.463. The molecule has 1 aromatic heterocycles. The second-order valence-corrected chi connectivity index (χ2v) is 3.41. The molecule has 2 aromatic rings. The van der Waals surface area contributed by atoms with Crippen LogP contribution in [0.25, 0.3) is 0 Å². The third kappa shape index (κ3) is 2.37. The predicted molar refractivity (Wildman–Crippen MR) is 60.2 cm³/mol. The maximum atomic E-state index is 8.62. The van der Waals surface area contributed by atoms with E-state index in [4.69, 9.17) is 10.00 Å². The van der Waals surface area contributed by atoms with Gasteiger partial charge in [0.1, 0.15) is 11.8 Å². The molecule has 0 atom stereocenters. The summed E-state index contributed by atoms with van der Waals surface area (Å²) in [7, 11) is 0. The molecule has 0 aliphatic heterocycles. The zero-order chi connectivity index (χ0) is 11.4. The molecular weight excluding hydrogens is 200 g/mol. The van der Waals surface area contributed by atoms with Crippen LogP contribution in [0, 0.1) is 18.3 Å². The van der Waals surface area contributed by atoms with Gasteiger partial charge in [-0.2, -0.15) is 5.26 Å². The van der Waals surface area contributed by atoms with Crippen LogP contribution in [0.1, 0.15) is 11.1 Å². The Morgan fingerprint density at radius 3 is 2.44 bits per heavy atom. The minimum atomic E-state index is 0.489. The van der Waals surface area contributed by atoms with E-state index in [1.807, 2.05) is 37.3 Å². The minimum absolute atomic E-state index is 0.489. The first-order valence-electron chi connectivity index (χ1n) is 4.88. The van der Waals surface area contributed by atoms with Crippen molar-refractivity contribution in [2.45, 2.75) is 6.92 Å². The third-order valence-electron chi connectivity index (χ3n) is 2.11. The van der Waals surface area contributed by atoms with Crippen molar-refractivity contribution in [2.75, 3.05) is 0 Å². The lowest BCUT2D eigenvalue weighted by atomic mass is 10.2. The molecule has 3 nitrogen and oxygen atoms in total. The molecule has 0 aliphatic rings. The van der Waals surface area contributed by atoms with Crippen LogP contribution in [0.4, 0.5) is 0 Å². The highest BCUT2D eigenvalue weighted by molar-refractivity contribution is 5.32. The zero-order valence-corrected chi connectivity index (χ0v) is 8.84. The minimum Gasteiger partial charge on any atom is -0.439 e. The van der Waals surface area contributed by atoms with Gasteiger partial charge in [0.25, 0.3) is 0 Å². The molecule has 16 heavy (non-hydrogen) atoms. The predicted octanol–water partition coefficient (Wildman–Crippen LogP) is 3.05. The lowest BCUT2D eigenvalue weighted by Gasteiger charge is -2.04. The van der Waals surface area contributed by atoms with Crippen LogP contribution in [0.15, 0.2) is 42.6 Å². The average Bonchev–Trinajstić information content (AvgIpc) is 2.33. The molecule has 0 spiro atoms. The van der Waals surface area contributed by atoms with Gasteiger partial charge in [-0.05, 0) is 25.1 Å². The number of aromatic nitrogens is 1. The average molecular weight is 210 g/mol. The van der Waals surface area contributed by atoms with Crippen LogP contribution in [-0.2, 0) is 0 Å². The van der Waals surface area contributed by atoms with E-state index in [0.29, 0.717) is 11.4 Å². The molecule has 0 radical (unpaired) electrons. The molecule has 1 aromatic carbocycles. The van der Waals surface area contributed by atoms with Crippen molar-refractivity contribution >= 4 is 0 Å². The van der Waals surface area contributed by atoms with Gasteiger partial charge in [-0.15, -0.1) is 0 Å². The Bertz CT molecular complexity index is 509. The molecule has 0 N–H and O–H groups in total. The quantitative estimate of drug-likeness (QED) is 0.765. The van der Waals surface area contributed by atoms with Crippen LogP contribution in [0.5, 0.6) is 11.6 Å². The second-order valence-electron chi connectivity index (χ2n) is 3.41. The van der Waals surface area contributed by atoms with E-state index in [1.54, 1.807) is 12.1 Å². The summed E-state index contributed by atoms with van der Waals surface area (Å²) in [5.74, 6) is 1.23. The van der Waals surface area contributed by atoms with Crippen molar-refractivity contribution in [1.82, 2.24) is 4.98 Å². The van der Waals surface area contributed by atoms with E-state index in [1.165, 1.54) is 11.8 Å². The van der Waals surface area contributed by atoms with Gasteiger partial charge in [0.15, 0.2) is 0 Å². The van der Waals surface area contributed by atoms with E-state index in [-0.39, 0.29) is 0 Å². The fraction of sp³-hybridized carbons (Fsp3) is 0.0769. The topological polar surface area (TPSA) is 45.9 Å². The summed E-state index contributed by atoms with van der Waals surface area (Å²) in [4.78, 5) is 4.02. The van der Waals surface area contributed by atoms with Crippen LogP contribution in [0.2, 0.25) is 0 Å². The fourth-order valence-corrected chi connectivity index (χ4v) is 1.23. The summed E-state index contributed by atoms with van der Waals surface area (Å²) in [6, 6.07) is 13.1. The summed E-state index contributed by atoms with van der Waals surface area (Å²) in [5.41, 5.74) is 1.70. The fourth-order valence-electron chi connectivity index (χ4n) is 1.23. The molecule has 1 heterocycles. The van der Waals surface area contributed by atoms with Gasteiger partial charge in [-0.3, -0.25) is 0 Å². The van der Waals surface area contributed by atoms with E-state index in [0.717, 1.165) is 5.75 Å². The molecule has 0 fully saturated rings. The summed E-state index contributed by atoms with van der Waals surface area (Å²) in [6.45, 7) is 2.02. The summed E-state index contributed by atoms with van der Waals surface area (Å²) in [6.07, 6.45) is 1.49. The third-order valence-corrected chi connectivity index (χ3v) is 2.11. The largest absolute Gasteiger partial charge is 0.439 e. The number of hydrogen-bond donors (Lipinski definition) is 0. The molecule has 78 valence electrons. The highest BCUT2D eigenvalue weighted by Crippen LogP contribution is 2.19. The number of ether oxygens (including phenoxy) is 1. The van der Waals surface area contributed by atoms with Gasteiger partial charge >= 0.3 is 0 Å². The lowest BCUT2D eigenvalue weighted by Crippen LogP contribution is -1.88. The number of aryl methyl sites for hydroxylation is 1. The van der Waals surface area contributed by atoms with Crippen molar-refractivity contribution in [2.24, 2.45) is 0 Å². The van der Waals surface area contributed by atoms with Gasteiger partial charge in [0.05, 0.1) is 5.56 Å². The van der Waals surface area contributed by atoms with Crippen molar-refractivity contribution in [3.05, 3.63) is 53.7 Å². The van der Waals surface area contributed by atoms with E-state index < -0.39 is 0 Å². The maximum absolute atomic E-state index is 8.62. The normalized spacial score (nSPS) is 9.50. The first-order chi connectivity index (χ1) is 7.78. The highest BCUT2D eigenvalue weighted by Gasteiger charge is 1.98. The molecule has 0 unspecified atom stereocenters. The Kier molecular flexibility index (Phi) is 2.84. The van der Waals surface area contributed by atoms with E-state index >= 15 is 0 Å². The summed E-state index contributed by atoms with van der Waals surface area (Å²) in [5, 5.41) is 8.62. The van der Waals surface area contributed by atoms with Gasteiger partial charge in [0, 0.05) is 12.3 Å². The zero-order valence-electron chi connectivity index (χ0n) is 8.84. The van der Waals surface area contributed by atoms with E-state index in [2.05, 4.69) is 4.98 Å². The number of pyridine rings is 1. The number of benzene rings is 1. The Hall–Kier alpha value is -2.34. The Labute approximate surface area is 93.9 Å². The number of hydrogen-bond acceptors (Lipinski definition) is 3. The monoisotopic (exact) mass is 210 g/mol. The summed E-state index contributed by atoms with van der Waals surface area (Å²) < 4.78 is 5.51. The molecule has 0 saturated heterocycles. The van der Waals surface area contributed by atoms with Gasteiger partial charge in [-0.25, -0.2) is 4.98 Å². The van der Waals surface area contributed by atoms with Crippen molar-refractivity contribution in [3.8, 4) is 17.7 Å². The first-order valence-corrected chi connectivity index (χ1v) is 4.88. The van der Waals surface area contributed by atoms with Gasteiger partial charge in [-0.1, -0.05) is 17.7 Å². The molecule has 0 bridgehead atoms.